The van der Waals surface area contributed by atoms with Crippen LogP contribution in [0.1, 0.15) is 42.0 Å². The van der Waals surface area contributed by atoms with Crippen molar-refractivity contribution in [3.05, 3.63) is 23.3 Å². The van der Waals surface area contributed by atoms with E-state index in [2.05, 4.69) is 39.8 Å². The molecule has 0 aliphatic heterocycles. The summed E-state index contributed by atoms with van der Waals surface area (Å²) in [4.78, 5) is 0. The van der Waals surface area contributed by atoms with Crippen molar-refractivity contribution < 1.29 is 1.43 Å². The maximum atomic E-state index is 2.28. The molecule has 0 aliphatic carbocycles. The standard InChI is InChI=1S/C10H18/c1-5-10(4)8-6-7-9(2)3/h5,7H,6,8H2,1-4H3/p+1/b10-5+. The molecule has 0 rings (SSSR count). The summed E-state index contributed by atoms with van der Waals surface area (Å²) in [5.74, 6) is 0. The molecule has 0 aromatic rings. The monoisotopic (exact) mass is 139 g/mol. The van der Waals surface area contributed by atoms with E-state index in [4.69, 9.17) is 0 Å². The summed E-state index contributed by atoms with van der Waals surface area (Å²) in [5.41, 5.74) is 2.90. The van der Waals surface area contributed by atoms with Crippen LogP contribution in [0.3, 0.4) is 0 Å². The third kappa shape index (κ3) is 5.61. The normalized spacial score (nSPS) is 11.4. The molecule has 0 radical (unpaired) electrons. The van der Waals surface area contributed by atoms with Gasteiger partial charge in [0.1, 0.15) is 0 Å². The number of allylic oxidation sites excluding steroid dienone is 4. The van der Waals surface area contributed by atoms with Crippen molar-refractivity contribution in [2.24, 2.45) is 0 Å². The Kier molecular flexibility index (Phi) is 5.00. The third-order valence-electron chi connectivity index (χ3n) is 1.58. The highest BCUT2D eigenvalue weighted by Gasteiger charge is 1.84. The summed E-state index contributed by atoms with van der Waals surface area (Å²) < 4.78 is 0. The van der Waals surface area contributed by atoms with Crippen LogP contribution in [-0.4, -0.2) is 0 Å². The maximum absolute atomic E-state index is 2.28. The van der Waals surface area contributed by atoms with Crippen LogP contribution in [0.2, 0.25) is 0 Å². The number of hydrogen-bond acceptors (Lipinski definition) is 0. The van der Waals surface area contributed by atoms with Gasteiger partial charge in [0, 0.05) is 0 Å². The van der Waals surface area contributed by atoms with Crippen LogP contribution in [0.25, 0.3) is 0 Å². The van der Waals surface area contributed by atoms with E-state index in [0.717, 1.165) is 0 Å². The Morgan fingerprint density at radius 1 is 1.30 bits per heavy atom. The Labute approximate surface area is 66.1 Å². The zero-order valence-corrected chi connectivity index (χ0v) is 7.57. The highest BCUT2D eigenvalue weighted by Crippen LogP contribution is 2.05. The molecule has 58 valence electrons. The van der Waals surface area contributed by atoms with E-state index in [-0.39, 0.29) is 1.43 Å². The summed E-state index contributed by atoms with van der Waals surface area (Å²) in [6, 6.07) is 0. The van der Waals surface area contributed by atoms with Gasteiger partial charge in [-0.05, 0) is 40.5 Å². The van der Waals surface area contributed by atoms with E-state index >= 15 is 0 Å². The molecule has 0 heteroatoms. The minimum absolute atomic E-state index is 0. The molecule has 0 spiro atoms. The van der Waals surface area contributed by atoms with E-state index in [9.17, 15) is 0 Å². The Morgan fingerprint density at radius 2 is 1.90 bits per heavy atom. The minimum Gasteiger partial charge on any atom is -0.0887 e. The zero-order valence-electron chi connectivity index (χ0n) is 8.57. The van der Waals surface area contributed by atoms with Gasteiger partial charge in [-0.25, -0.2) is 0 Å². The van der Waals surface area contributed by atoms with Crippen molar-refractivity contribution in [3.8, 4) is 0 Å². The van der Waals surface area contributed by atoms with Crippen LogP contribution < -0.4 is 0 Å². The van der Waals surface area contributed by atoms with Gasteiger partial charge in [-0.15, -0.1) is 0 Å². The maximum Gasteiger partial charge on any atom is 1.00 e. The fraction of sp³-hybridized carbons (Fsp3) is 0.600. The summed E-state index contributed by atoms with van der Waals surface area (Å²) >= 11 is 0. The van der Waals surface area contributed by atoms with Crippen LogP contribution in [-0.2, 0) is 0 Å². The molecule has 0 heterocycles. The molecule has 0 atom stereocenters. The van der Waals surface area contributed by atoms with Crippen molar-refractivity contribution in [1.29, 1.82) is 0 Å². The van der Waals surface area contributed by atoms with Gasteiger partial charge in [0.15, 0.2) is 0 Å². The first-order valence-electron chi connectivity index (χ1n) is 3.92. The molecule has 0 aromatic heterocycles. The molecule has 0 amide bonds. The summed E-state index contributed by atoms with van der Waals surface area (Å²) in [6.45, 7) is 8.56. The highest BCUT2D eigenvalue weighted by atomic mass is 13.9. The van der Waals surface area contributed by atoms with Gasteiger partial charge in [-0.1, -0.05) is 23.3 Å². The Morgan fingerprint density at radius 3 is 2.30 bits per heavy atom. The molecule has 0 nitrogen and oxygen atoms in total. The van der Waals surface area contributed by atoms with E-state index in [1.165, 1.54) is 24.0 Å². The third-order valence-corrected chi connectivity index (χ3v) is 1.58. The van der Waals surface area contributed by atoms with Gasteiger partial charge in [0.2, 0.25) is 0 Å². The lowest BCUT2D eigenvalue weighted by Crippen LogP contribution is -1.74. The average molecular weight is 139 g/mol. The zero-order chi connectivity index (χ0) is 7.98. The molecular weight excluding hydrogens is 120 g/mol. The topological polar surface area (TPSA) is 0 Å². The van der Waals surface area contributed by atoms with Crippen LogP contribution in [0, 0.1) is 0 Å². The highest BCUT2D eigenvalue weighted by molar-refractivity contribution is 5.00. The van der Waals surface area contributed by atoms with Crippen molar-refractivity contribution in [2.75, 3.05) is 0 Å². The second-order valence-corrected chi connectivity index (χ2v) is 2.96. The number of rotatable bonds is 3. The molecule has 0 bridgehead atoms. The molecule has 0 fully saturated rings. The predicted molar refractivity (Wildman–Crippen MR) is 49.2 cm³/mol. The van der Waals surface area contributed by atoms with Gasteiger partial charge >= 0.3 is 1.43 Å². The first-order chi connectivity index (χ1) is 4.66. The quantitative estimate of drug-likeness (QED) is 0.521. The molecule has 0 saturated carbocycles. The van der Waals surface area contributed by atoms with Crippen molar-refractivity contribution in [2.45, 2.75) is 40.5 Å². The van der Waals surface area contributed by atoms with Gasteiger partial charge in [-0.2, -0.15) is 0 Å². The van der Waals surface area contributed by atoms with Crippen molar-refractivity contribution >= 4 is 0 Å². The first-order valence-corrected chi connectivity index (χ1v) is 3.92. The lowest BCUT2D eigenvalue weighted by atomic mass is 10.1. The lowest BCUT2D eigenvalue weighted by Gasteiger charge is -1.95. The minimum atomic E-state index is 0. The predicted octanol–water partition coefficient (Wildman–Crippen LogP) is 3.81. The molecule has 0 saturated heterocycles. The van der Waals surface area contributed by atoms with E-state index < -0.39 is 0 Å². The van der Waals surface area contributed by atoms with Gasteiger partial charge in [0.25, 0.3) is 0 Å². The lowest BCUT2D eigenvalue weighted by molar-refractivity contribution is 0.964. The fourth-order valence-corrected chi connectivity index (χ4v) is 0.733. The Hall–Kier alpha value is -0.520. The van der Waals surface area contributed by atoms with Crippen LogP contribution in [0.5, 0.6) is 0 Å². The van der Waals surface area contributed by atoms with Gasteiger partial charge < -0.3 is 0 Å². The molecule has 10 heavy (non-hydrogen) atoms. The first kappa shape index (κ1) is 9.48. The van der Waals surface area contributed by atoms with E-state index in [1.54, 1.807) is 0 Å². The average Bonchev–Trinajstić information content (AvgIpc) is 1.87. The van der Waals surface area contributed by atoms with E-state index in [1.807, 2.05) is 0 Å². The molecule has 0 aliphatic rings. The molecular formula is C10H19+. The SMILES string of the molecule is C/C=C(\C)CCC=C(C)C.[H+]. The van der Waals surface area contributed by atoms with Crippen LogP contribution >= 0.6 is 0 Å². The summed E-state index contributed by atoms with van der Waals surface area (Å²) in [6.07, 6.45) is 6.87. The fourth-order valence-electron chi connectivity index (χ4n) is 0.733. The summed E-state index contributed by atoms with van der Waals surface area (Å²) in [7, 11) is 0. The van der Waals surface area contributed by atoms with E-state index in [0.29, 0.717) is 0 Å². The molecule has 0 N–H and O–H groups in total. The van der Waals surface area contributed by atoms with Crippen LogP contribution in [0.4, 0.5) is 0 Å². The number of hydrogen-bond donors (Lipinski definition) is 0. The molecule has 0 aromatic carbocycles. The second kappa shape index (κ2) is 5.28. The van der Waals surface area contributed by atoms with Crippen LogP contribution in [0.15, 0.2) is 23.3 Å². The second-order valence-electron chi connectivity index (χ2n) is 2.96. The Balaban J connectivity index is 0. The van der Waals surface area contributed by atoms with Crippen molar-refractivity contribution in [3.63, 3.8) is 0 Å². The molecule has 0 unspecified atom stereocenters. The van der Waals surface area contributed by atoms with Gasteiger partial charge in [0.05, 0.1) is 0 Å². The summed E-state index contributed by atoms with van der Waals surface area (Å²) in [5, 5.41) is 0. The smallest absolute Gasteiger partial charge is 0.0887 e. The van der Waals surface area contributed by atoms with Crippen molar-refractivity contribution in [1.82, 2.24) is 0 Å². The van der Waals surface area contributed by atoms with Gasteiger partial charge in [-0.3, -0.25) is 0 Å². The Bertz CT molecular complexity index is 139. The largest absolute Gasteiger partial charge is 1.00 e.